The quantitative estimate of drug-likeness (QED) is 0.735. The smallest absolute Gasteiger partial charge is 0.0234 e. The molecule has 0 spiro atoms. The molecular formula is C13H22N2. The Labute approximate surface area is 93.3 Å². The van der Waals surface area contributed by atoms with Crippen molar-refractivity contribution in [1.29, 1.82) is 0 Å². The predicted molar refractivity (Wildman–Crippen MR) is 65.9 cm³/mol. The molecule has 1 rings (SSSR count). The van der Waals surface area contributed by atoms with E-state index in [2.05, 4.69) is 47.5 Å². The number of nitrogens with zero attached hydrogens (tertiary/aromatic N) is 1. The van der Waals surface area contributed by atoms with Crippen LogP contribution in [-0.2, 0) is 6.54 Å². The van der Waals surface area contributed by atoms with E-state index in [-0.39, 0.29) is 0 Å². The zero-order chi connectivity index (χ0) is 10.9. The first-order valence-corrected chi connectivity index (χ1v) is 5.77. The standard InChI is InChI=1S/C13H22N2/c1-3-10-15(11-9-14-2)12-13-7-5-4-6-8-13/h4-8,14H,3,9-12H2,1-2H3. The molecule has 1 N–H and O–H groups in total. The fourth-order valence-electron chi connectivity index (χ4n) is 1.70. The highest BCUT2D eigenvalue weighted by Crippen LogP contribution is 2.04. The summed E-state index contributed by atoms with van der Waals surface area (Å²) in [7, 11) is 2.01. The van der Waals surface area contributed by atoms with Crippen LogP contribution < -0.4 is 5.32 Å². The molecule has 0 aliphatic rings. The lowest BCUT2D eigenvalue weighted by Gasteiger charge is -2.21. The third-order valence-corrected chi connectivity index (χ3v) is 2.47. The first-order chi connectivity index (χ1) is 7.36. The first kappa shape index (κ1) is 12.2. The first-order valence-electron chi connectivity index (χ1n) is 5.77. The number of nitrogens with one attached hydrogen (secondary N) is 1. The summed E-state index contributed by atoms with van der Waals surface area (Å²) in [6.07, 6.45) is 1.22. The van der Waals surface area contributed by atoms with Gasteiger partial charge in [-0.1, -0.05) is 37.3 Å². The SMILES string of the molecule is CCCN(CCNC)Cc1ccccc1. The molecule has 0 saturated carbocycles. The lowest BCUT2D eigenvalue weighted by atomic mass is 10.2. The highest BCUT2D eigenvalue weighted by atomic mass is 15.1. The Bertz CT molecular complexity index is 246. The number of rotatable bonds is 7. The molecule has 0 heterocycles. The molecule has 15 heavy (non-hydrogen) atoms. The van der Waals surface area contributed by atoms with E-state index in [0.717, 1.165) is 19.6 Å². The molecule has 2 nitrogen and oxygen atoms in total. The zero-order valence-electron chi connectivity index (χ0n) is 9.87. The van der Waals surface area contributed by atoms with Gasteiger partial charge in [-0.15, -0.1) is 0 Å². The van der Waals surface area contributed by atoms with Gasteiger partial charge >= 0.3 is 0 Å². The Morgan fingerprint density at radius 3 is 2.47 bits per heavy atom. The van der Waals surface area contributed by atoms with E-state index in [1.54, 1.807) is 0 Å². The molecule has 0 amide bonds. The van der Waals surface area contributed by atoms with Crippen molar-refractivity contribution in [3.8, 4) is 0 Å². The predicted octanol–water partition coefficient (Wildman–Crippen LogP) is 2.12. The van der Waals surface area contributed by atoms with Gasteiger partial charge in [0.05, 0.1) is 0 Å². The minimum Gasteiger partial charge on any atom is -0.318 e. The van der Waals surface area contributed by atoms with Crippen molar-refractivity contribution in [2.45, 2.75) is 19.9 Å². The molecule has 0 aliphatic heterocycles. The molecular weight excluding hydrogens is 184 g/mol. The molecule has 0 fully saturated rings. The highest BCUT2D eigenvalue weighted by molar-refractivity contribution is 5.14. The number of likely N-dealkylation sites (N-methyl/N-ethyl adjacent to an activating group) is 1. The molecule has 1 aromatic rings. The summed E-state index contributed by atoms with van der Waals surface area (Å²) in [6, 6.07) is 10.7. The van der Waals surface area contributed by atoms with Crippen molar-refractivity contribution in [1.82, 2.24) is 10.2 Å². The Morgan fingerprint density at radius 2 is 1.87 bits per heavy atom. The van der Waals surface area contributed by atoms with Gasteiger partial charge in [-0.25, -0.2) is 0 Å². The summed E-state index contributed by atoms with van der Waals surface area (Å²) in [5.74, 6) is 0. The molecule has 84 valence electrons. The average molecular weight is 206 g/mol. The van der Waals surface area contributed by atoms with E-state index < -0.39 is 0 Å². The summed E-state index contributed by atoms with van der Waals surface area (Å²) >= 11 is 0. The van der Waals surface area contributed by atoms with Gasteiger partial charge < -0.3 is 5.32 Å². The maximum atomic E-state index is 3.20. The summed E-state index contributed by atoms with van der Waals surface area (Å²) in [4.78, 5) is 2.49. The Hall–Kier alpha value is -0.860. The largest absolute Gasteiger partial charge is 0.318 e. The Morgan fingerprint density at radius 1 is 1.13 bits per heavy atom. The minimum atomic E-state index is 1.06. The average Bonchev–Trinajstić information content (AvgIpc) is 2.28. The van der Waals surface area contributed by atoms with E-state index in [1.165, 1.54) is 18.5 Å². The second-order valence-electron chi connectivity index (χ2n) is 3.87. The van der Waals surface area contributed by atoms with Crippen LogP contribution in [0.1, 0.15) is 18.9 Å². The van der Waals surface area contributed by atoms with E-state index in [4.69, 9.17) is 0 Å². The van der Waals surface area contributed by atoms with Crippen LogP contribution in [0.4, 0.5) is 0 Å². The third-order valence-electron chi connectivity index (χ3n) is 2.47. The second-order valence-corrected chi connectivity index (χ2v) is 3.87. The van der Waals surface area contributed by atoms with Crippen LogP contribution >= 0.6 is 0 Å². The second kappa shape index (κ2) is 7.43. The maximum absolute atomic E-state index is 3.20. The molecule has 0 aliphatic carbocycles. The summed E-state index contributed by atoms with van der Waals surface area (Å²) in [5.41, 5.74) is 1.40. The molecule has 0 bridgehead atoms. The van der Waals surface area contributed by atoms with E-state index in [1.807, 2.05) is 7.05 Å². The van der Waals surface area contributed by atoms with Crippen LogP contribution in [-0.4, -0.2) is 31.6 Å². The highest BCUT2D eigenvalue weighted by Gasteiger charge is 2.03. The van der Waals surface area contributed by atoms with Crippen molar-refractivity contribution in [2.24, 2.45) is 0 Å². The fourth-order valence-corrected chi connectivity index (χ4v) is 1.70. The van der Waals surface area contributed by atoms with Crippen molar-refractivity contribution in [3.05, 3.63) is 35.9 Å². The van der Waals surface area contributed by atoms with Crippen molar-refractivity contribution >= 4 is 0 Å². The van der Waals surface area contributed by atoms with Crippen molar-refractivity contribution in [2.75, 3.05) is 26.7 Å². The summed E-state index contributed by atoms with van der Waals surface area (Å²) in [5, 5.41) is 3.20. The van der Waals surface area contributed by atoms with Crippen LogP contribution in [0.2, 0.25) is 0 Å². The van der Waals surface area contributed by atoms with Crippen LogP contribution in [0.15, 0.2) is 30.3 Å². The molecule has 0 aromatic heterocycles. The topological polar surface area (TPSA) is 15.3 Å². The lowest BCUT2D eigenvalue weighted by molar-refractivity contribution is 0.268. The molecule has 1 aromatic carbocycles. The van der Waals surface area contributed by atoms with Crippen LogP contribution in [0.5, 0.6) is 0 Å². The fraction of sp³-hybridized carbons (Fsp3) is 0.538. The van der Waals surface area contributed by atoms with Gasteiger partial charge in [0.15, 0.2) is 0 Å². The van der Waals surface area contributed by atoms with Crippen LogP contribution in [0.25, 0.3) is 0 Å². The van der Waals surface area contributed by atoms with Crippen LogP contribution in [0, 0.1) is 0 Å². The molecule has 0 atom stereocenters. The van der Waals surface area contributed by atoms with E-state index >= 15 is 0 Å². The summed E-state index contributed by atoms with van der Waals surface area (Å²) < 4.78 is 0. The zero-order valence-corrected chi connectivity index (χ0v) is 9.87. The van der Waals surface area contributed by atoms with E-state index in [9.17, 15) is 0 Å². The third kappa shape index (κ3) is 4.96. The molecule has 0 saturated heterocycles. The van der Waals surface area contributed by atoms with Crippen LogP contribution in [0.3, 0.4) is 0 Å². The van der Waals surface area contributed by atoms with Gasteiger partial charge in [-0.3, -0.25) is 4.90 Å². The van der Waals surface area contributed by atoms with Gasteiger partial charge in [0.1, 0.15) is 0 Å². The monoisotopic (exact) mass is 206 g/mol. The minimum absolute atomic E-state index is 1.06. The van der Waals surface area contributed by atoms with Crippen molar-refractivity contribution in [3.63, 3.8) is 0 Å². The maximum Gasteiger partial charge on any atom is 0.0234 e. The molecule has 2 heteroatoms. The van der Waals surface area contributed by atoms with Gasteiger partial charge in [0.25, 0.3) is 0 Å². The normalized spacial score (nSPS) is 10.9. The van der Waals surface area contributed by atoms with Gasteiger partial charge in [0.2, 0.25) is 0 Å². The van der Waals surface area contributed by atoms with Gasteiger partial charge in [0, 0.05) is 19.6 Å². The van der Waals surface area contributed by atoms with Crippen molar-refractivity contribution < 1.29 is 0 Å². The molecule has 0 unspecified atom stereocenters. The Kier molecular flexibility index (Phi) is 6.05. The Balaban J connectivity index is 2.43. The van der Waals surface area contributed by atoms with Gasteiger partial charge in [-0.05, 0) is 25.6 Å². The van der Waals surface area contributed by atoms with E-state index in [0.29, 0.717) is 0 Å². The van der Waals surface area contributed by atoms with Gasteiger partial charge in [-0.2, -0.15) is 0 Å². The number of hydrogen-bond acceptors (Lipinski definition) is 2. The lowest BCUT2D eigenvalue weighted by Crippen LogP contribution is -2.31. The number of hydrogen-bond donors (Lipinski definition) is 1. The molecule has 0 radical (unpaired) electrons. The number of benzene rings is 1. The summed E-state index contributed by atoms with van der Waals surface area (Å²) in [6.45, 7) is 6.66.